The molecule has 0 aromatic heterocycles. The molecule has 4 nitrogen and oxygen atoms in total. The Kier molecular flexibility index (Phi) is 3.76. The van der Waals surface area contributed by atoms with Gasteiger partial charge in [0.25, 0.3) is 0 Å². The maximum atomic E-state index is 12.9. The quantitative estimate of drug-likeness (QED) is 0.852. The first-order valence-corrected chi connectivity index (χ1v) is 7.29. The lowest BCUT2D eigenvalue weighted by Crippen LogP contribution is -2.55. The predicted octanol–water partition coefficient (Wildman–Crippen LogP) is 1.70. The van der Waals surface area contributed by atoms with Crippen LogP contribution in [-0.2, 0) is 4.74 Å². The van der Waals surface area contributed by atoms with E-state index in [0.717, 1.165) is 37.3 Å². The van der Waals surface area contributed by atoms with E-state index < -0.39 is 0 Å². The van der Waals surface area contributed by atoms with Crippen LogP contribution in [0, 0.1) is 5.92 Å². The van der Waals surface area contributed by atoms with Crippen molar-refractivity contribution in [2.24, 2.45) is 5.92 Å². The summed E-state index contributed by atoms with van der Waals surface area (Å²) in [5.41, 5.74) is 1.86. The standard InChI is InChI=1S/C16H22N2O2/c1-18(2)15-6-4-3-5-14(15)16(19)11-7-12-9-20-10-13(8-11)17-12/h3-6,11-13,17H,7-10H2,1-2H3. The summed E-state index contributed by atoms with van der Waals surface area (Å²) in [6, 6.07) is 8.57. The first kappa shape index (κ1) is 13.6. The second kappa shape index (κ2) is 5.54. The highest BCUT2D eigenvalue weighted by Gasteiger charge is 2.36. The Hall–Kier alpha value is -1.39. The van der Waals surface area contributed by atoms with Gasteiger partial charge in [0, 0.05) is 43.3 Å². The fourth-order valence-electron chi connectivity index (χ4n) is 3.34. The van der Waals surface area contributed by atoms with Gasteiger partial charge in [-0.1, -0.05) is 12.1 Å². The second-order valence-corrected chi connectivity index (χ2v) is 6.04. The molecule has 0 aliphatic carbocycles. The van der Waals surface area contributed by atoms with Crippen molar-refractivity contribution in [2.75, 3.05) is 32.2 Å². The molecule has 2 fully saturated rings. The van der Waals surface area contributed by atoms with E-state index in [0.29, 0.717) is 12.1 Å². The third-order valence-corrected chi connectivity index (χ3v) is 4.27. The summed E-state index contributed by atoms with van der Waals surface area (Å²) in [6.07, 6.45) is 1.77. The van der Waals surface area contributed by atoms with Gasteiger partial charge in [0.05, 0.1) is 13.2 Å². The lowest BCUT2D eigenvalue weighted by Gasteiger charge is -2.39. The Labute approximate surface area is 120 Å². The number of carbonyl (C=O) groups excluding carboxylic acids is 1. The van der Waals surface area contributed by atoms with Crippen LogP contribution in [0.3, 0.4) is 0 Å². The van der Waals surface area contributed by atoms with Crippen molar-refractivity contribution in [3.8, 4) is 0 Å². The van der Waals surface area contributed by atoms with Crippen LogP contribution in [0.25, 0.3) is 0 Å². The van der Waals surface area contributed by atoms with Crippen LogP contribution in [-0.4, -0.2) is 45.2 Å². The number of hydrogen-bond acceptors (Lipinski definition) is 4. The minimum absolute atomic E-state index is 0.122. The normalized spacial score (nSPS) is 29.0. The molecule has 1 aromatic rings. The van der Waals surface area contributed by atoms with Crippen molar-refractivity contribution in [1.29, 1.82) is 0 Å². The zero-order valence-corrected chi connectivity index (χ0v) is 12.1. The van der Waals surface area contributed by atoms with Gasteiger partial charge in [-0.15, -0.1) is 0 Å². The van der Waals surface area contributed by atoms with Crippen molar-refractivity contribution >= 4 is 11.5 Å². The topological polar surface area (TPSA) is 41.6 Å². The lowest BCUT2D eigenvalue weighted by atomic mass is 9.82. The summed E-state index contributed by atoms with van der Waals surface area (Å²) in [4.78, 5) is 14.9. The van der Waals surface area contributed by atoms with Crippen molar-refractivity contribution in [3.63, 3.8) is 0 Å². The molecule has 2 unspecified atom stereocenters. The summed E-state index contributed by atoms with van der Waals surface area (Å²) < 4.78 is 5.55. The predicted molar refractivity (Wildman–Crippen MR) is 79.4 cm³/mol. The van der Waals surface area contributed by atoms with Crippen molar-refractivity contribution in [2.45, 2.75) is 24.9 Å². The number of nitrogens with zero attached hydrogens (tertiary/aromatic N) is 1. The third-order valence-electron chi connectivity index (χ3n) is 4.27. The van der Waals surface area contributed by atoms with Gasteiger partial charge in [-0.3, -0.25) is 4.79 Å². The number of carbonyl (C=O) groups is 1. The number of ether oxygens (including phenoxy) is 1. The average Bonchev–Trinajstić information content (AvgIpc) is 2.46. The molecule has 1 N–H and O–H groups in total. The summed E-state index contributed by atoms with van der Waals surface area (Å²) >= 11 is 0. The highest BCUT2D eigenvalue weighted by molar-refractivity contribution is 6.02. The van der Waals surface area contributed by atoms with E-state index in [9.17, 15) is 4.79 Å². The van der Waals surface area contributed by atoms with Gasteiger partial charge in [-0.2, -0.15) is 0 Å². The SMILES string of the molecule is CN(C)c1ccccc1C(=O)C1CC2COCC(C1)N2. The largest absolute Gasteiger partial charge is 0.378 e. The number of anilines is 1. The molecule has 2 aliphatic rings. The maximum absolute atomic E-state index is 12.9. The van der Waals surface area contributed by atoms with Crippen LogP contribution >= 0.6 is 0 Å². The van der Waals surface area contributed by atoms with Gasteiger partial charge >= 0.3 is 0 Å². The van der Waals surface area contributed by atoms with Gasteiger partial charge in [0.2, 0.25) is 0 Å². The molecule has 2 atom stereocenters. The van der Waals surface area contributed by atoms with Crippen LogP contribution in [0.2, 0.25) is 0 Å². The number of Topliss-reactive ketones (excluding diaryl/α,β-unsaturated/α-hetero) is 1. The van der Waals surface area contributed by atoms with E-state index in [2.05, 4.69) is 5.32 Å². The Morgan fingerprint density at radius 2 is 1.85 bits per heavy atom. The maximum Gasteiger partial charge on any atom is 0.168 e. The number of fused-ring (bicyclic) bond motifs is 2. The monoisotopic (exact) mass is 274 g/mol. The van der Waals surface area contributed by atoms with Gasteiger partial charge in [0.1, 0.15) is 0 Å². The number of morpholine rings is 1. The minimum Gasteiger partial charge on any atom is -0.378 e. The molecule has 0 amide bonds. The van der Waals surface area contributed by atoms with Gasteiger partial charge in [-0.25, -0.2) is 0 Å². The molecule has 4 heteroatoms. The molecular weight excluding hydrogens is 252 g/mol. The van der Waals surface area contributed by atoms with E-state index in [1.54, 1.807) is 0 Å². The lowest BCUT2D eigenvalue weighted by molar-refractivity contribution is 0.00954. The molecule has 20 heavy (non-hydrogen) atoms. The number of hydrogen-bond donors (Lipinski definition) is 1. The molecule has 2 aliphatic heterocycles. The highest BCUT2D eigenvalue weighted by atomic mass is 16.5. The summed E-state index contributed by atoms with van der Waals surface area (Å²) in [6.45, 7) is 1.46. The second-order valence-electron chi connectivity index (χ2n) is 6.04. The number of rotatable bonds is 3. The number of benzene rings is 1. The smallest absolute Gasteiger partial charge is 0.168 e. The summed E-state index contributed by atoms with van der Waals surface area (Å²) in [7, 11) is 3.97. The number of nitrogens with one attached hydrogen (secondary N) is 1. The van der Waals surface area contributed by atoms with Gasteiger partial charge < -0.3 is 15.0 Å². The van der Waals surface area contributed by atoms with E-state index in [4.69, 9.17) is 4.74 Å². The first-order chi connectivity index (χ1) is 9.65. The molecule has 2 heterocycles. The summed E-state index contributed by atoms with van der Waals surface area (Å²) in [5.74, 6) is 0.406. The zero-order valence-electron chi connectivity index (χ0n) is 12.1. The molecule has 0 radical (unpaired) electrons. The van der Waals surface area contributed by atoms with Crippen molar-refractivity contribution in [1.82, 2.24) is 5.32 Å². The number of ketones is 1. The van der Waals surface area contributed by atoms with Crippen LogP contribution in [0.4, 0.5) is 5.69 Å². The average molecular weight is 274 g/mol. The molecule has 2 bridgehead atoms. The fraction of sp³-hybridized carbons (Fsp3) is 0.562. The molecule has 108 valence electrons. The molecule has 2 saturated heterocycles. The fourth-order valence-corrected chi connectivity index (χ4v) is 3.34. The Balaban J connectivity index is 1.82. The molecule has 0 spiro atoms. The zero-order chi connectivity index (χ0) is 14.1. The van der Waals surface area contributed by atoms with Crippen LogP contribution in [0.1, 0.15) is 23.2 Å². The Morgan fingerprint density at radius 3 is 2.50 bits per heavy atom. The van der Waals surface area contributed by atoms with Crippen LogP contribution in [0.5, 0.6) is 0 Å². The van der Waals surface area contributed by atoms with E-state index in [1.165, 1.54) is 0 Å². The minimum atomic E-state index is 0.122. The van der Waals surface area contributed by atoms with E-state index in [1.807, 2.05) is 43.3 Å². The highest BCUT2D eigenvalue weighted by Crippen LogP contribution is 2.30. The Bertz CT molecular complexity index is 489. The Morgan fingerprint density at radius 1 is 1.20 bits per heavy atom. The molecular formula is C16H22N2O2. The van der Waals surface area contributed by atoms with E-state index >= 15 is 0 Å². The van der Waals surface area contributed by atoms with Crippen molar-refractivity contribution < 1.29 is 9.53 Å². The molecule has 1 aromatic carbocycles. The van der Waals surface area contributed by atoms with Crippen molar-refractivity contribution in [3.05, 3.63) is 29.8 Å². The third kappa shape index (κ3) is 2.58. The molecule has 3 rings (SSSR count). The number of piperidine rings is 1. The molecule has 0 saturated carbocycles. The van der Waals surface area contributed by atoms with E-state index in [-0.39, 0.29) is 11.7 Å². The van der Waals surface area contributed by atoms with Crippen LogP contribution in [0.15, 0.2) is 24.3 Å². The van der Waals surface area contributed by atoms with Crippen LogP contribution < -0.4 is 10.2 Å². The first-order valence-electron chi connectivity index (χ1n) is 7.29. The summed E-state index contributed by atoms with van der Waals surface area (Å²) in [5, 5.41) is 3.54. The van der Waals surface area contributed by atoms with Gasteiger partial charge in [0.15, 0.2) is 5.78 Å². The van der Waals surface area contributed by atoms with Gasteiger partial charge in [-0.05, 0) is 25.0 Å². The number of para-hydroxylation sites is 1.